The Hall–Kier alpha value is -1.05. The highest BCUT2D eigenvalue weighted by molar-refractivity contribution is 8.45. The summed E-state index contributed by atoms with van der Waals surface area (Å²) < 4.78 is 74.5. The van der Waals surface area contributed by atoms with E-state index >= 15 is 0 Å². The molecule has 0 aliphatic carbocycles. The van der Waals surface area contributed by atoms with E-state index in [-0.39, 0.29) is 17.8 Å². The van der Waals surface area contributed by atoms with E-state index in [4.69, 9.17) is 0 Å². The highest BCUT2D eigenvalue weighted by atomic mass is 32.5. The van der Waals surface area contributed by atoms with Gasteiger partial charge in [0, 0.05) is 18.2 Å². The normalized spacial score (nSPS) is 23.5. The maximum absolute atomic E-state index is 12.8. The van der Waals surface area contributed by atoms with E-state index < -0.39 is 27.7 Å². The van der Waals surface area contributed by atoms with Crippen LogP contribution in [0, 0.1) is 5.82 Å². The van der Waals surface area contributed by atoms with E-state index in [1.165, 1.54) is 0 Å². The topological polar surface area (TPSA) is 12.0 Å². The van der Waals surface area contributed by atoms with Crippen LogP contribution in [0.15, 0.2) is 18.2 Å². The molecule has 1 aliphatic heterocycles. The van der Waals surface area contributed by atoms with Gasteiger partial charge in [-0.15, -0.1) is 0 Å². The lowest BCUT2D eigenvalue weighted by atomic mass is 10.0. The summed E-state index contributed by atoms with van der Waals surface area (Å²) in [6.45, 7) is -0.260. The van der Waals surface area contributed by atoms with Gasteiger partial charge in [-0.1, -0.05) is 25.5 Å². The maximum Gasteiger partial charge on any atom is 0.286 e. The molecule has 17 heavy (non-hydrogen) atoms. The predicted octanol–water partition coefficient (Wildman–Crippen LogP) is 4.63. The van der Waals surface area contributed by atoms with E-state index in [0.29, 0.717) is 0 Å². The second-order valence-electron chi connectivity index (χ2n) is 4.10. The average Bonchev–Trinajstić information content (AvgIpc) is 2.42. The van der Waals surface area contributed by atoms with Crippen molar-refractivity contribution in [1.82, 2.24) is 0 Å². The van der Waals surface area contributed by atoms with Gasteiger partial charge in [-0.05, 0) is 17.7 Å². The monoisotopic (exact) mass is 277 g/mol. The van der Waals surface area contributed by atoms with Gasteiger partial charge in [-0.2, -0.15) is 0 Å². The molecule has 2 rings (SSSR count). The SMILES string of the molecule is Fc1ccc2c(c1)NCC2CS(F)(F)(F)(F)F. The van der Waals surface area contributed by atoms with Crippen LogP contribution in [-0.4, -0.2) is 12.3 Å². The fourth-order valence-corrected chi connectivity index (χ4v) is 2.97. The largest absolute Gasteiger partial charge is 0.384 e. The molecule has 0 saturated carbocycles. The molecule has 1 N–H and O–H groups in total. The molecule has 0 bridgehead atoms. The molecule has 0 aromatic heterocycles. The first-order valence-electron chi connectivity index (χ1n) is 4.70. The van der Waals surface area contributed by atoms with Crippen molar-refractivity contribution in [1.29, 1.82) is 0 Å². The van der Waals surface area contributed by atoms with Gasteiger partial charge in [0.1, 0.15) is 5.82 Å². The van der Waals surface area contributed by atoms with Gasteiger partial charge in [-0.25, -0.2) is 4.39 Å². The summed E-state index contributed by atoms with van der Waals surface area (Å²) in [6.07, 6.45) is 0. The number of benzene rings is 1. The molecule has 0 radical (unpaired) electrons. The molecule has 98 valence electrons. The molecule has 0 amide bonds. The van der Waals surface area contributed by atoms with Crippen LogP contribution < -0.4 is 5.32 Å². The van der Waals surface area contributed by atoms with E-state index in [9.17, 15) is 23.8 Å². The van der Waals surface area contributed by atoms with Gasteiger partial charge in [0.15, 0.2) is 0 Å². The van der Waals surface area contributed by atoms with Crippen molar-refractivity contribution >= 4 is 15.9 Å². The Kier molecular flexibility index (Phi) is 2.08. The molecule has 8 heteroatoms. The lowest BCUT2D eigenvalue weighted by Crippen LogP contribution is -2.19. The Morgan fingerprint density at radius 1 is 1.18 bits per heavy atom. The third-order valence-electron chi connectivity index (χ3n) is 2.51. The van der Waals surface area contributed by atoms with Crippen LogP contribution in [-0.2, 0) is 0 Å². The van der Waals surface area contributed by atoms with Gasteiger partial charge in [0.25, 0.3) is 10.2 Å². The first-order chi connectivity index (χ1) is 7.43. The molecule has 1 heterocycles. The number of rotatable bonds is 2. The number of hydrogen-bond acceptors (Lipinski definition) is 1. The van der Waals surface area contributed by atoms with Crippen LogP contribution in [0.25, 0.3) is 0 Å². The minimum atomic E-state index is -9.44. The second-order valence-corrected chi connectivity index (χ2v) is 6.70. The quantitative estimate of drug-likeness (QED) is 0.777. The third-order valence-corrected chi connectivity index (χ3v) is 3.54. The van der Waals surface area contributed by atoms with Crippen molar-refractivity contribution < 1.29 is 23.8 Å². The highest BCUT2D eigenvalue weighted by Gasteiger charge is 2.64. The van der Waals surface area contributed by atoms with Crippen molar-refractivity contribution in [3.63, 3.8) is 0 Å². The first-order valence-corrected chi connectivity index (χ1v) is 6.82. The fourth-order valence-electron chi connectivity index (χ4n) is 1.91. The third kappa shape index (κ3) is 3.21. The van der Waals surface area contributed by atoms with Gasteiger partial charge in [-0.3, -0.25) is 0 Å². The maximum atomic E-state index is 12.8. The number of nitrogens with one attached hydrogen (secondary N) is 1. The fraction of sp³-hybridized carbons (Fsp3) is 0.333. The van der Waals surface area contributed by atoms with E-state index in [2.05, 4.69) is 5.32 Å². The van der Waals surface area contributed by atoms with Crippen LogP contribution in [0.4, 0.5) is 29.5 Å². The van der Waals surface area contributed by atoms with E-state index in [1.807, 2.05) is 0 Å². The summed E-state index contributed by atoms with van der Waals surface area (Å²) in [7, 11) is -9.44. The lowest BCUT2D eigenvalue weighted by molar-refractivity contribution is 0.359. The summed E-state index contributed by atoms with van der Waals surface area (Å²) in [4.78, 5) is 0. The second kappa shape index (κ2) is 2.85. The van der Waals surface area contributed by atoms with Crippen LogP contribution in [0.3, 0.4) is 0 Å². The number of anilines is 1. The van der Waals surface area contributed by atoms with Gasteiger partial charge >= 0.3 is 0 Å². The van der Waals surface area contributed by atoms with Crippen LogP contribution in [0.2, 0.25) is 0 Å². The lowest BCUT2D eigenvalue weighted by Gasteiger charge is -2.42. The van der Waals surface area contributed by atoms with Crippen molar-refractivity contribution in [3.05, 3.63) is 29.6 Å². The van der Waals surface area contributed by atoms with Crippen LogP contribution >= 0.6 is 10.2 Å². The molecule has 0 fully saturated rings. The smallest absolute Gasteiger partial charge is 0.286 e. The Balaban J connectivity index is 2.31. The number of fused-ring (bicyclic) bond motifs is 1. The highest BCUT2D eigenvalue weighted by Crippen LogP contribution is 2.98. The summed E-state index contributed by atoms with van der Waals surface area (Å²) in [6, 6.07) is 3.07. The minimum absolute atomic E-state index is 0.0830. The Morgan fingerprint density at radius 3 is 2.41 bits per heavy atom. The first kappa shape index (κ1) is 12.4. The molecule has 1 nitrogen and oxygen atoms in total. The number of halogens is 6. The van der Waals surface area contributed by atoms with Crippen molar-refractivity contribution in [2.75, 3.05) is 17.6 Å². The molecular weight excluding hydrogens is 268 g/mol. The zero-order chi connectivity index (χ0) is 13.0. The zero-order valence-corrected chi connectivity index (χ0v) is 9.22. The van der Waals surface area contributed by atoms with Gasteiger partial charge in [0.05, 0.1) is 5.75 Å². The molecule has 1 unspecified atom stereocenters. The average molecular weight is 277 g/mol. The molecule has 1 aliphatic rings. The molecule has 1 aromatic rings. The summed E-state index contributed by atoms with van der Waals surface area (Å²) in [5.74, 6) is -4.13. The van der Waals surface area contributed by atoms with Crippen LogP contribution in [0.5, 0.6) is 0 Å². The summed E-state index contributed by atoms with van der Waals surface area (Å²) in [5, 5.41) is 2.49. The zero-order valence-electron chi connectivity index (χ0n) is 8.40. The minimum Gasteiger partial charge on any atom is -0.384 e. The van der Waals surface area contributed by atoms with Crippen molar-refractivity contribution in [3.8, 4) is 0 Å². The molecular formula is C9H9F6NS. The predicted molar refractivity (Wildman–Crippen MR) is 55.6 cm³/mol. The summed E-state index contributed by atoms with van der Waals surface area (Å²) >= 11 is 0. The standard InChI is InChI=1S/C9H9F6NS/c10-7-1-2-8-6(4-16-9(8)3-7)5-17(11,12,13,14)15/h1-3,6,16H,4-5H2. The Morgan fingerprint density at radius 2 is 1.82 bits per heavy atom. The Labute approximate surface area is 93.5 Å². The Bertz CT molecular complexity index is 467. The van der Waals surface area contributed by atoms with Crippen molar-refractivity contribution in [2.45, 2.75) is 5.92 Å². The van der Waals surface area contributed by atoms with E-state index in [0.717, 1.165) is 18.2 Å². The number of hydrogen-bond donors (Lipinski definition) is 1. The summed E-state index contributed by atoms with van der Waals surface area (Å²) in [5.41, 5.74) is 0.233. The van der Waals surface area contributed by atoms with Crippen LogP contribution in [0.1, 0.15) is 11.5 Å². The van der Waals surface area contributed by atoms with Gasteiger partial charge in [0.2, 0.25) is 0 Å². The molecule has 0 spiro atoms. The molecule has 1 aromatic carbocycles. The van der Waals surface area contributed by atoms with E-state index in [1.54, 1.807) is 0 Å². The molecule has 1 atom stereocenters. The molecule has 0 saturated heterocycles. The van der Waals surface area contributed by atoms with Crippen molar-refractivity contribution in [2.24, 2.45) is 0 Å². The van der Waals surface area contributed by atoms with Gasteiger partial charge < -0.3 is 5.32 Å².